The van der Waals surface area contributed by atoms with E-state index in [9.17, 15) is 9.59 Å². The van der Waals surface area contributed by atoms with Crippen molar-refractivity contribution < 1.29 is 19.4 Å². The third kappa shape index (κ3) is 5.08. The minimum atomic E-state index is -0.939. The first-order chi connectivity index (χ1) is 12.0. The number of allylic oxidation sites excluding steroid dienone is 1. The Morgan fingerprint density at radius 1 is 1.44 bits per heavy atom. The molecular weight excluding hydrogens is 344 g/mol. The smallest absolute Gasteiger partial charge is 0.313 e. The molecule has 1 heterocycles. The van der Waals surface area contributed by atoms with Crippen molar-refractivity contribution in [2.45, 2.75) is 18.2 Å². The lowest BCUT2D eigenvalue weighted by atomic mass is 10.2. The molecule has 0 unspecified atom stereocenters. The third-order valence-electron chi connectivity index (χ3n) is 3.17. The fourth-order valence-corrected chi connectivity index (χ4v) is 2.71. The van der Waals surface area contributed by atoms with Crippen LogP contribution in [0, 0.1) is 0 Å². The van der Waals surface area contributed by atoms with Gasteiger partial charge in [0.05, 0.1) is 19.4 Å². The number of methoxy groups -OCH3 is 1. The Bertz CT molecular complexity index is 775. The predicted molar refractivity (Wildman–Crippen MR) is 92.7 cm³/mol. The number of aromatic nitrogens is 3. The summed E-state index contributed by atoms with van der Waals surface area (Å²) in [6, 6.07) is 6.80. The van der Waals surface area contributed by atoms with Gasteiger partial charge >= 0.3 is 5.97 Å². The molecule has 0 bridgehead atoms. The molecule has 0 aliphatic heterocycles. The summed E-state index contributed by atoms with van der Waals surface area (Å²) in [5, 5.41) is 20.0. The first-order valence-electron chi connectivity index (χ1n) is 7.35. The lowest BCUT2D eigenvalue weighted by Crippen LogP contribution is -2.24. The van der Waals surface area contributed by atoms with E-state index in [4.69, 9.17) is 9.84 Å². The van der Waals surface area contributed by atoms with Gasteiger partial charge in [0.15, 0.2) is 11.0 Å². The molecule has 1 amide bonds. The number of carbonyl (C=O) groups is 2. The number of hydrogen-bond donors (Lipinski definition) is 2. The molecule has 8 nitrogen and oxygen atoms in total. The zero-order valence-electron chi connectivity index (χ0n) is 13.6. The molecule has 2 aromatic rings. The van der Waals surface area contributed by atoms with Crippen molar-refractivity contribution in [3.8, 4) is 5.75 Å². The molecule has 2 N–H and O–H groups in total. The van der Waals surface area contributed by atoms with E-state index < -0.39 is 5.97 Å². The number of nitrogens with zero attached hydrogens (tertiary/aromatic N) is 3. The third-order valence-corrected chi connectivity index (χ3v) is 4.12. The molecular formula is C16H18N4O4S. The number of benzene rings is 1. The molecule has 0 spiro atoms. The van der Waals surface area contributed by atoms with Gasteiger partial charge in [-0.1, -0.05) is 23.9 Å². The largest absolute Gasteiger partial charge is 0.497 e. The maximum Gasteiger partial charge on any atom is 0.313 e. The lowest BCUT2D eigenvalue weighted by molar-refractivity contribution is -0.133. The summed E-state index contributed by atoms with van der Waals surface area (Å²) in [5.74, 6) is -0.220. The van der Waals surface area contributed by atoms with Gasteiger partial charge in [0.2, 0.25) is 0 Å². The van der Waals surface area contributed by atoms with E-state index in [0.29, 0.717) is 28.8 Å². The van der Waals surface area contributed by atoms with Gasteiger partial charge in [0.25, 0.3) is 5.91 Å². The molecule has 2 rings (SSSR count). The second-order valence-corrected chi connectivity index (χ2v) is 5.84. The maximum atomic E-state index is 12.2. The van der Waals surface area contributed by atoms with Crippen LogP contribution in [0.1, 0.15) is 16.2 Å². The second kappa shape index (κ2) is 8.88. The van der Waals surface area contributed by atoms with Crippen LogP contribution >= 0.6 is 11.8 Å². The summed E-state index contributed by atoms with van der Waals surface area (Å²) >= 11 is 1.06. The van der Waals surface area contributed by atoms with Gasteiger partial charge in [0, 0.05) is 12.1 Å². The highest BCUT2D eigenvalue weighted by atomic mass is 32.2. The van der Waals surface area contributed by atoms with Gasteiger partial charge < -0.3 is 19.7 Å². The van der Waals surface area contributed by atoms with Crippen LogP contribution in [0.4, 0.5) is 0 Å². The Hall–Kier alpha value is -2.81. The molecule has 0 aliphatic carbocycles. The van der Waals surface area contributed by atoms with Crippen LogP contribution in [0.25, 0.3) is 0 Å². The first kappa shape index (κ1) is 18.5. The van der Waals surface area contributed by atoms with Crippen molar-refractivity contribution in [1.82, 2.24) is 20.1 Å². The molecule has 9 heteroatoms. The van der Waals surface area contributed by atoms with Crippen molar-refractivity contribution in [3.63, 3.8) is 0 Å². The number of nitrogens with one attached hydrogen (secondary N) is 1. The van der Waals surface area contributed by atoms with E-state index in [1.165, 1.54) is 7.11 Å². The standard InChI is InChI=1S/C16H18N4O4S/c1-3-7-20-13(18-19-16(20)25-10-14(21)22)9-17-15(23)11-5-4-6-12(8-11)24-2/h3-6,8H,1,7,9-10H2,2H3,(H,17,23)(H,21,22). The monoisotopic (exact) mass is 362 g/mol. The Labute approximate surface area is 148 Å². The highest BCUT2D eigenvalue weighted by Gasteiger charge is 2.14. The summed E-state index contributed by atoms with van der Waals surface area (Å²) < 4.78 is 6.81. The Morgan fingerprint density at radius 2 is 2.24 bits per heavy atom. The molecule has 0 aliphatic rings. The number of aliphatic carboxylic acids is 1. The van der Waals surface area contributed by atoms with Crippen molar-refractivity contribution in [2.75, 3.05) is 12.9 Å². The maximum absolute atomic E-state index is 12.2. The Balaban J connectivity index is 2.07. The molecule has 132 valence electrons. The minimum absolute atomic E-state index is 0.120. The van der Waals surface area contributed by atoms with E-state index >= 15 is 0 Å². The lowest BCUT2D eigenvalue weighted by Gasteiger charge is -2.09. The van der Waals surface area contributed by atoms with Gasteiger partial charge in [-0.3, -0.25) is 9.59 Å². The molecule has 0 fully saturated rings. The molecule has 0 saturated carbocycles. The van der Waals surface area contributed by atoms with Gasteiger partial charge in [0.1, 0.15) is 5.75 Å². The van der Waals surface area contributed by atoms with E-state index in [-0.39, 0.29) is 18.2 Å². The number of thioether (sulfide) groups is 1. The van der Waals surface area contributed by atoms with Crippen LogP contribution in [-0.2, 0) is 17.9 Å². The second-order valence-electron chi connectivity index (χ2n) is 4.90. The zero-order valence-corrected chi connectivity index (χ0v) is 14.5. The predicted octanol–water partition coefficient (Wildman–Crippen LogP) is 1.58. The number of carbonyl (C=O) groups excluding carboxylic acids is 1. The van der Waals surface area contributed by atoms with Crippen molar-refractivity contribution in [2.24, 2.45) is 0 Å². The van der Waals surface area contributed by atoms with Gasteiger partial charge in [-0.2, -0.15) is 0 Å². The average molecular weight is 362 g/mol. The summed E-state index contributed by atoms with van der Waals surface area (Å²) in [4.78, 5) is 23.0. The zero-order chi connectivity index (χ0) is 18.2. The van der Waals surface area contributed by atoms with E-state index in [0.717, 1.165) is 11.8 Å². The highest BCUT2D eigenvalue weighted by Crippen LogP contribution is 2.17. The fraction of sp³-hybridized carbons (Fsp3) is 0.250. The minimum Gasteiger partial charge on any atom is -0.497 e. The molecule has 0 saturated heterocycles. The topological polar surface area (TPSA) is 106 Å². The number of carboxylic acids is 1. The summed E-state index contributed by atoms with van der Waals surface area (Å²) in [7, 11) is 1.53. The molecule has 1 aromatic carbocycles. The fourth-order valence-electron chi connectivity index (χ4n) is 2.02. The van der Waals surface area contributed by atoms with Crippen LogP contribution in [0.15, 0.2) is 42.1 Å². The van der Waals surface area contributed by atoms with E-state index in [1.54, 1.807) is 34.9 Å². The summed E-state index contributed by atoms with van der Waals surface area (Å²) in [6.45, 7) is 4.24. The molecule has 0 radical (unpaired) electrons. The molecule has 0 atom stereocenters. The SMILES string of the molecule is C=CCn1c(CNC(=O)c2cccc(OC)c2)nnc1SCC(=O)O. The number of amides is 1. The van der Waals surface area contributed by atoms with Gasteiger partial charge in [-0.25, -0.2) is 0 Å². The number of hydrogen-bond acceptors (Lipinski definition) is 6. The first-order valence-corrected chi connectivity index (χ1v) is 8.33. The van der Waals surface area contributed by atoms with E-state index in [1.807, 2.05) is 0 Å². The van der Waals surface area contributed by atoms with Crippen molar-refractivity contribution in [1.29, 1.82) is 0 Å². The van der Waals surface area contributed by atoms with Crippen LogP contribution in [0.5, 0.6) is 5.75 Å². The summed E-state index contributed by atoms with van der Waals surface area (Å²) in [6.07, 6.45) is 1.65. The van der Waals surface area contributed by atoms with Crippen molar-refractivity contribution >= 4 is 23.6 Å². The van der Waals surface area contributed by atoms with Crippen LogP contribution in [0.2, 0.25) is 0 Å². The van der Waals surface area contributed by atoms with Gasteiger partial charge in [-0.15, -0.1) is 16.8 Å². The van der Waals surface area contributed by atoms with Gasteiger partial charge in [-0.05, 0) is 18.2 Å². The number of rotatable bonds is 9. The van der Waals surface area contributed by atoms with Crippen LogP contribution < -0.4 is 10.1 Å². The summed E-state index contributed by atoms with van der Waals surface area (Å²) in [5.41, 5.74) is 0.467. The number of carboxylic acid groups (broad SMARTS) is 1. The number of ether oxygens (including phenoxy) is 1. The highest BCUT2D eigenvalue weighted by molar-refractivity contribution is 7.99. The van der Waals surface area contributed by atoms with Crippen molar-refractivity contribution in [3.05, 3.63) is 48.3 Å². The van der Waals surface area contributed by atoms with E-state index in [2.05, 4.69) is 22.1 Å². The quantitative estimate of drug-likeness (QED) is 0.515. The molecule has 25 heavy (non-hydrogen) atoms. The Morgan fingerprint density at radius 3 is 2.92 bits per heavy atom. The van der Waals surface area contributed by atoms with Crippen LogP contribution in [-0.4, -0.2) is 44.6 Å². The molecule has 1 aromatic heterocycles. The average Bonchev–Trinajstić information content (AvgIpc) is 3.00. The Kier molecular flexibility index (Phi) is 6.58. The normalized spacial score (nSPS) is 10.3. The van der Waals surface area contributed by atoms with Crippen LogP contribution in [0.3, 0.4) is 0 Å².